The molecular weight excluding hydrogens is 214 g/mol. The summed E-state index contributed by atoms with van der Waals surface area (Å²) in [4.78, 5) is 17.9. The molecule has 1 aliphatic rings. The third kappa shape index (κ3) is 1.82. The summed E-state index contributed by atoms with van der Waals surface area (Å²) >= 11 is 0. The standard InChI is InChI=1S/C13H13N3O/c17-13(9-15-8-6-14-10-15)16-7-5-11-3-1-2-4-12(11)16/h1-4,6,8,10H,5,7,9H2. The number of para-hydroxylation sites is 1. The van der Waals surface area contributed by atoms with Crippen LogP contribution in [0.5, 0.6) is 0 Å². The highest BCUT2D eigenvalue weighted by Crippen LogP contribution is 2.27. The molecule has 0 atom stereocenters. The molecule has 1 amide bonds. The lowest BCUT2D eigenvalue weighted by molar-refractivity contribution is -0.119. The summed E-state index contributed by atoms with van der Waals surface area (Å²) in [5.74, 6) is 0.118. The molecule has 0 N–H and O–H groups in total. The topological polar surface area (TPSA) is 38.1 Å². The van der Waals surface area contributed by atoms with Crippen LogP contribution in [0, 0.1) is 0 Å². The second-order valence-corrected chi connectivity index (χ2v) is 4.16. The molecule has 1 aliphatic heterocycles. The van der Waals surface area contributed by atoms with Crippen molar-refractivity contribution >= 4 is 11.6 Å². The molecule has 0 unspecified atom stereocenters. The number of hydrogen-bond acceptors (Lipinski definition) is 2. The molecule has 1 aromatic carbocycles. The molecule has 0 spiro atoms. The monoisotopic (exact) mass is 227 g/mol. The van der Waals surface area contributed by atoms with Crippen LogP contribution >= 0.6 is 0 Å². The number of carbonyl (C=O) groups excluding carboxylic acids is 1. The SMILES string of the molecule is O=C(Cn1ccnc1)N1CCc2ccccc21. The van der Waals surface area contributed by atoms with E-state index in [1.807, 2.05) is 23.1 Å². The van der Waals surface area contributed by atoms with Crippen LogP contribution in [0.3, 0.4) is 0 Å². The molecule has 2 aromatic rings. The molecule has 0 saturated carbocycles. The minimum absolute atomic E-state index is 0.118. The minimum atomic E-state index is 0.118. The van der Waals surface area contributed by atoms with E-state index >= 15 is 0 Å². The smallest absolute Gasteiger partial charge is 0.246 e. The van der Waals surface area contributed by atoms with Crippen molar-refractivity contribution in [2.24, 2.45) is 0 Å². The van der Waals surface area contributed by atoms with Crippen molar-refractivity contribution in [1.82, 2.24) is 9.55 Å². The van der Waals surface area contributed by atoms with Gasteiger partial charge in [-0.3, -0.25) is 4.79 Å². The minimum Gasteiger partial charge on any atom is -0.328 e. The predicted molar refractivity (Wildman–Crippen MR) is 64.7 cm³/mol. The fraction of sp³-hybridized carbons (Fsp3) is 0.231. The summed E-state index contributed by atoms with van der Waals surface area (Å²) in [5.41, 5.74) is 2.31. The molecule has 2 heterocycles. The Kier molecular flexibility index (Phi) is 2.40. The number of aromatic nitrogens is 2. The summed E-state index contributed by atoms with van der Waals surface area (Å²) in [7, 11) is 0. The van der Waals surface area contributed by atoms with Gasteiger partial charge >= 0.3 is 0 Å². The number of hydrogen-bond donors (Lipinski definition) is 0. The van der Waals surface area contributed by atoms with E-state index in [0.29, 0.717) is 6.54 Å². The van der Waals surface area contributed by atoms with E-state index in [1.165, 1.54) is 5.56 Å². The highest BCUT2D eigenvalue weighted by molar-refractivity contribution is 5.95. The van der Waals surface area contributed by atoms with Crippen molar-refractivity contribution in [2.75, 3.05) is 11.4 Å². The van der Waals surface area contributed by atoms with Crippen LogP contribution in [0.1, 0.15) is 5.56 Å². The maximum atomic E-state index is 12.2. The first-order chi connectivity index (χ1) is 8.34. The molecule has 0 fully saturated rings. The summed E-state index contributed by atoms with van der Waals surface area (Å²) in [6.45, 7) is 1.14. The largest absolute Gasteiger partial charge is 0.328 e. The second kappa shape index (κ2) is 4.05. The number of benzene rings is 1. The fourth-order valence-corrected chi connectivity index (χ4v) is 2.22. The number of amides is 1. The molecular formula is C13H13N3O. The van der Waals surface area contributed by atoms with Crippen LogP contribution in [0.4, 0.5) is 5.69 Å². The van der Waals surface area contributed by atoms with E-state index in [-0.39, 0.29) is 5.91 Å². The summed E-state index contributed by atoms with van der Waals surface area (Å²) in [5, 5.41) is 0. The van der Waals surface area contributed by atoms with Gasteiger partial charge < -0.3 is 9.47 Å². The van der Waals surface area contributed by atoms with E-state index < -0.39 is 0 Å². The van der Waals surface area contributed by atoms with Gasteiger partial charge in [-0.1, -0.05) is 18.2 Å². The zero-order valence-electron chi connectivity index (χ0n) is 9.41. The number of carbonyl (C=O) groups is 1. The molecule has 0 bridgehead atoms. The second-order valence-electron chi connectivity index (χ2n) is 4.16. The van der Waals surface area contributed by atoms with Crippen molar-refractivity contribution in [3.05, 3.63) is 48.5 Å². The Hall–Kier alpha value is -2.10. The van der Waals surface area contributed by atoms with Gasteiger partial charge in [0.15, 0.2) is 0 Å². The average Bonchev–Trinajstić information content (AvgIpc) is 2.96. The Bertz CT molecular complexity index is 533. The zero-order chi connectivity index (χ0) is 11.7. The van der Waals surface area contributed by atoms with Gasteiger partial charge in [-0.25, -0.2) is 4.98 Å². The number of fused-ring (bicyclic) bond motifs is 1. The Morgan fingerprint density at radius 3 is 3.06 bits per heavy atom. The van der Waals surface area contributed by atoms with E-state index in [4.69, 9.17) is 0 Å². The van der Waals surface area contributed by atoms with E-state index in [1.54, 1.807) is 23.3 Å². The van der Waals surface area contributed by atoms with Gasteiger partial charge in [-0.15, -0.1) is 0 Å². The van der Waals surface area contributed by atoms with Crippen molar-refractivity contribution in [2.45, 2.75) is 13.0 Å². The van der Waals surface area contributed by atoms with Gasteiger partial charge in [-0.2, -0.15) is 0 Å². The van der Waals surface area contributed by atoms with Crippen molar-refractivity contribution in [1.29, 1.82) is 0 Å². The van der Waals surface area contributed by atoms with E-state index in [2.05, 4.69) is 11.1 Å². The Balaban J connectivity index is 1.80. The molecule has 86 valence electrons. The van der Waals surface area contributed by atoms with Crippen molar-refractivity contribution < 1.29 is 4.79 Å². The Labute approximate surface area is 99.5 Å². The highest BCUT2D eigenvalue weighted by atomic mass is 16.2. The number of rotatable bonds is 2. The molecule has 17 heavy (non-hydrogen) atoms. The number of nitrogens with zero attached hydrogens (tertiary/aromatic N) is 3. The first kappa shape index (κ1) is 10.1. The quantitative estimate of drug-likeness (QED) is 0.779. The Morgan fingerprint density at radius 1 is 1.35 bits per heavy atom. The lowest BCUT2D eigenvalue weighted by atomic mass is 10.2. The highest BCUT2D eigenvalue weighted by Gasteiger charge is 2.23. The normalized spacial score (nSPS) is 13.8. The molecule has 4 heteroatoms. The fourth-order valence-electron chi connectivity index (χ4n) is 2.22. The van der Waals surface area contributed by atoms with Crippen LogP contribution in [0.15, 0.2) is 43.0 Å². The maximum Gasteiger partial charge on any atom is 0.246 e. The van der Waals surface area contributed by atoms with Crippen LogP contribution in [0.25, 0.3) is 0 Å². The van der Waals surface area contributed by atoms with Gasteiger partial charge in [0.1, 0.15) is 6.54 Å². The van der Waals surface area contributed by atoms with Gasteiger partial charge in [0.25, 0.3) is 0 Å². The molecule has 3 rings (SSSR count). The summed E-state index contributed by atoms with van der Waals surface area (Å²) in [6, 6.07) is 8.08. The zero-order valence-corrected chi connectivity index (χ0v) is 9.41. The predicted octanol–water partition coefficient (Wildman–Crippen LogP) is 1.47. The first-order valence-electron chi connectivity index (χ1n) is 5.68. The van der Waals surface area contributed by atoms with Crippen LogP contribution in [-0.2, 0) is 17.8 Å². The average molecular weight is 227 g/mol. The van der Waals surface area contributed by atoms with Crippen LogP contribution in [0.2, 0.25) is 0 Å². The van der Waals surface area contributed by atoms with Gasteiger partial charge in [0, 0.05) is 24.6 Å². The molecule has 0 aliphatic carbocycles. The third-order valence-corrected chi connectivity index (χ3v) is 3.07. The maximum absolute atomic E-state index is 12.2. The van der Waals surface area contributed by atoms with Gasteiger partial charge in [0.2, 0.25) is 5.91 Å². The van der Waals surface area contributed by atoms with E-state index in [9.17, 15) is 4.79 Å². The number of anilines is 1. The van der Waals surface area contributed by atoms with Crippen LogP contribution in [-0.4, -0.2) is 22.0 Å². The lowest BCUT2D eigenvalue weighted by Crippen LogP contribution is -2.31. The molecule has 0 radical (unpaired) electrons. The van der Waals surface area contributed by atoms with Gasteiger partial charge in [0.05, 0.1) is 6.33 Å². The van der Waals surface area contributed by atoms with Crippen LogP contribution < -0.4 is 4.90 Å². The summed E-state index contributed by atoms with van der Waals surface area (Å²) in [6.07, 6.45) is 6.11. The molecule has 1 aromatic heterocycles. The molecule has 4 nitrogen and oxygen atoms in total. The lowest BCUT2D eigenvalue weighted by Gasteiger charge is -2.17. The van der Waals surface area contributed by atoms with Crippen molar-refractivity contribution in [3.8, 4) is 0 Å². The van der Waals surface area contributed by atoms with Crippen molar-refractivity contribution in [3.63, 3.8) is 0 Å². The number of imidazole rings is 1. The summed E-state index contributed by atoms with van der Waals surface area (Å²) < 4.78 is 1.79. The van der Waals surface area contributed by atoms with E-state index in [0.717, 1.165) is 18.7 Å². The Morgan fingerprint density at radius 2 is 2.24 bits per heavy atom. The first-order valence-corrected chi connectivity index (χ1v) is 5.68. The third-order valence-electron chi connectivity index (χ3n) is 3.07. The van der Waals surface area contributed by atoms with Gasteiger partial charge in [-0.05, 0) is 18.1 Å². The molecule has 0 saturated heterocycles.